The molecule has 0 aromatic heterocycles. The van der Waals surface area contributed by atoms with Gasteiger partial charge in [-0.05, 0) is 26.2 Å². The fraction of sp³-hybridized carbons (Fsp3) is 1.00. The van der Waals surface area contributed by atoms with Crippen LogP contribution >= 0.6 is 0 Å². The first kappa shape index (κ1) is 9.44. The molecule has 0 bridgehead atoms. The van der Waals surface area contributed by atoms with Gasteiger partial charge in [-0.1, -0.05) is 0 Å². The van der Waals surface area contributed by atoms with Gasteiger partial charge in [-0.15, -0.1) is 0 Å². The van der Waals surface area contributed by atoms with E-state index in [0.29, 0.717) is 18.1 Å². The summed E-state index contributed by atoms with van der Waals surface area (Å²) in [5.74, 6) is 0.711. The first-order valence-corrected chi connectivity index (χ1v) is 5.29. The topological polar surface area (TPSA) is 41.5 Å². The van der Waals surface area contributed by atoms with Crippen LogP contribution in [0.5, 0.6) is 0 Å². The van der Waals surface area contributed by atoms with Crippen LogP contribution in [-0.2, 0) is 4.74 Å². The average molecular weight is 185 g/mol. The maximum atomic E-state index is 8.91. The first-order valence-electron chi connectivity index (χ1n) is 5.29. The van der Waals surface area contributed by atoms with E-state index < -0.39 is 0 Å². The van der Waals surface area contributed by atoms with E-state index in [1.807, 2.05) is 6.92 Å². The summed E-state index contributed by atoms with van der Waals surface area (Å²) in [7, 11) is 0. The fourth-order valence-corrected chi connectivity index (χ4v) is 2.41. The Hall–Kier alpha value is -0.120. The van der Waals surface area contributed by atoms with Crippen LogP contribution in [0, 0.1) is 5.92 Å². The Morgan fingerprint density at radius 2 is 2.46 bits per heavy atom. The molecule has 4 atom stereocenters. The summed E-state index contributed by atoms with van der Waals surface area (Å²) in [6, 6.07) is 0.820. The standard InChI is InChI=1S/C10H19NO2/c1-7(6-12)11-9-5-10-8(9)3-2-4-13-10/h7-12H,2-6H2,1H3/t7-,8?,9?,10?/m1/s1. The molecule has 1 aliphatic heterocycles. The van der Waals surface area contributed by atoms with E-state index in [0.717, 1.165) is 13.0 Å². The highest BCUT2D eigenvalue weighted by molar-refractivity contribution is 4.97. The van der Waals surface area contributed by atoms with E-state index in [1.54, 1.807) is 0 Å². The molecule has 0 radical (unpaired) electrons. The lowest BCUT2D eigenvalue weighted by molar-refractivity contribution is -0.105. The van der Waals surface area contributed by atoms with Gasteiger partial charge in [0.15, 0.2) is 0 Å². The molecule has 1 aliphatic carbocycles. The molecule has 76 valence electrons. The highest BCUT2D eigenvalue weighted by Crippen LogP contribution is 2.37. The van der Waals surface area contributed by atoms with E-state index >= 15 is 0 Å². The second kappa shape index (κ2) is 3.95. The third kappa shape index (κ3) is 1.87. The Labute approximate surface area is 79.5 Å². The van der Waals surface area contributed by atoms with E-state index in [4.69, 9.17) is 9.84 Å². The van der Waals surface area contributed by atoms with Gasteiger partial charge in [0, 0.05) is 24.6 Å². The van der Waals surface area contributed by atoms with Crippen molar-refractivity contribution < 1.29 is 9.84 Å². The Bertz CT molecular complexity index is 174. The summed E-state index contributed by atoms with van der Waals surface area (Å²) >= 11 is 0. The maximum Gasteiger partial charge on any atom is 0.0633 e. The van der Waals surface area contributed by atoms with Gasteiger partial charge in [-0.2, -0.15) is 0 Å². The Morgan fingerprint density at radius 3 is 3.15 bits per heavy atom. The molecule has 13 heavy (non-hydrogen) atoms. The Balaban J connectivity index is 1.77. The summed E-state index contributed by atoms with van der Waals surface area (Å²) in [6.45, 7) is 3.20. The van der Waals surface area contributed by atoms with Gasteiger partial charge in [-0.3, -0.25) is 0 Å². The van der Waals surface area contributed by atoms with E-state index in [-0.39, 0.29) is 12.6 Å². The van der Waals surface area contributed by atoms with Gasteiger partial charge in [0.2, 0.25) is 0 Å². The molecule has 0 aromatic carbocycles. The lowest BCUT2D eigenvalue weighted by Gasteiger charge is -2.48. The van der Waals surface area contributed by atoms with Gasteiger partial charge in [0.05, 0.1) is 12.7 Å². The zero-order chi connectivity index (χ0) is 9.26. The zero-order valence-electron chi connectivity index (χ0n) is 8.20. The molecule has 1 saturated heterocycles. The van der Waals surface area contributed by atoms with Gasteiger partial charge >= 0.3 is 0 Å². The van der Waals surface area contributed by atoms with E-state index in [9.17, 15) is 0 Å². The quantitative estimate of drug-likeness (QED) is 0.673. The highest BCUT2D eigenvalue weighted by Gasteiger charge is 2.43. The third-order valence-electron chi connectivity index (χ3n) is 3.27. The second-order valence-corrected chi connectivity index (χ2v) is 4.31. The molecule has 3 heteroatoms. The van der Waals surface area contributed by atoms with Crippen LogP contribution in [0.2, 0.25) is 0 Å². The number of nitrogens with one attached hydrogen (secondary N) is 1. The largest absolute Gasteiger partial charge is 0.395 e. The minimum absolute atomic E-state index is 0.230. The molecule has 1 saturated carbocycles. The second-order valence-electron chi connectivity index (χ2n) is 4.31. The van der Waals surface area contributed by atoms with Crippen molar-refractivity contribution in [2.24, 2.45) is 5.92 Å². The van der Waals surface area contributed by atoms with Crippen molar-refractivity contribution in [2.45, 2.75) is 44.4 Å². The van der Waals surface area contributed by atoms with Crippen LogP contribution < -0.4 is 5.32 Å². The van der Waals surface area contributed by atoms with Crippen molar-refractivity contribution >= 4 is 0 Å². The van der Waals surface area contributed by atoms with Crippen LogP contribution in [0.1, 0.15) is 26.2 Å². The number of hydrogen-bond acceptors (Lipinski definition) is 3. The third-order valence-corrected chi connectivity index (χ3v) is 3.27. The van der Waals surface area contributed by atoms with Crippen molar-refractivity contribution in [3.05, 3.63) is 0 Å². The van der Waals surface area contributed by atoms with Crippen LogP contribution in [0.25, 0.3) is 0 Å². The summed E-state index contributed by atoms with van der Waals surface area (Å²) in [4.78, 5) is 0. The molecular weight excluding hydrogens is 166 g/mol. The molecule has 3 unspecified atom stereocenters. The van der Waals surface area contributed by atoms with E-state index in [2.05, 4.69) is 5.32 Å². The van der Waals surface area contributed by atoms with Crippen molar-refractivity contribution in [3.63, 3.8) is 0 Å². The van der Waals surface area contributed by atoms with Crippen molar-refractivity contribution in [3.8, 4) is 0 Å². The van der Waals surface area contributed by atoms with Crippen molar-refractivity contribution in [1.82, 2.24) is 5.32 Å². The number of aliphatic hydroxyl groups excluding tert-OH is 1. The number of rotatable bonds is 3. The highest BCUT2D eigenvalue weighted by atomic mass is 16.5. The number of fused-ring (bicyclic) bond motifs is 1. The van der Waals surface area contributed by atoms with Crippen LogP contribution in [0.4, 0.5) is 0 Å². The molecule has 0 aromatic rings. The summed E-state index contributed by atoms with van der Waals surface area (Å²) in [6.07, 6.45) is 4.14. The van der Waals surface area contributed by atoms with Crippen LogP contribution in [-0.4, -0.2) is 36.5 Å². The molecule has 0 amide bonds. The minimum Gasteiger partial charge on any atom is -0.395 e. The SMILES string of the molecule is C[C@H](CO)NC1CC2OCCCC12. The van der Waals surface area contributed by atoms with Crippen LogP contribution in [0.3, 0.4) is 0 Å². The van der Waals surface area contributed by atoms with Crippen molar-refractivity contribution in [1.29, 1.82) is 0 Å². The lowest BCUT2D eigenvalue weighted by atomic mass is 9.72. The normalized spacial score (nSPS) is 40.6. The fourth-order valence-electron chi connectivity index (χ4n) is 2.41. The van der Waals surface area contributed by atoms with Crippen LogP contribution in [0.15, 0.2) is 0 Å². The first-order chi connectivity index (χ1) is 6.31. The van der Waals surface area contributed by atoms with Gasteiger partial charge in [0.1, 0.15) is 0 Å². The van der Waals surface area contributed by atoms with Gasteiger partial charge < -0.3 is 15.2 Å². The lowest BCUT2D eigenvalue weighted by Crippen LogP contribution is -2.58. The predicted molar refractivity (Wildman–Crippen MR) is 50.6 cm³/mol. The number of aliphatic hydroxyl groups is 1. The van der Waals surface area contributed by atoms with Gasteiger partial charge in [0.25, 0.3) is 0 Å². The van der Waals surface area contributed by atoms with E-state index in [1.165, 1.54) is 12.8 Å². The summed E-state index contributed by atoms with van der Waals surface area (Å²) < 4.78 is 5.62. The summed E-state index contributed by atoms with van der Waals surface area (Å²) in [5, 5.41) is 12.3. The Kier molecular flexibility index (Phi) is 2.86. The van der Waals surface area contributed by atoms with Gasteiger partial charge in [-0.25, -0.2) is 0 Å². The molecular formula is C10H19NO2. The molecule has 2 aliphatic rings. The monoisotopic (exact) mass is 185 g/mol. The zero-order valence-corrected chi connectivity index (χ0v) is 8.20. The average Bonchev–Trinajstić information content (AvgIpc) is 2.14. The maximum absolute atomic E-state index is 8.91. The molecule has 2 fully saturated rings. The van der Waals surface area contributed by atoms with Crippen molar-refractivity contribution in [2.75, 3.05) is 13.2 Å². The molecule has 3 nitrogen and oxygen atoms in total. The number of ether oxygens (including phenoxy) is 1. The Morgan fingerprint density at radius 1 is 1.62 bits per heavy atom. The predicted octanol–water partition coefficient (Wildman–Crippen LogP) is 0.524. The number of hydrogen-bond donors (Lipinski definition) is 2. The summed E-state index contributed by atoms with van der Waals surface area (Å²) in [5.41, 5.74) is 0. The molecule has 2 rings (SSSR count). The smallest absolute Gasteiger partial charge is 0.0633 e. The molecule has 2 N–H and O–H groups in total. The minimum atomic E-state index is 0.230. The molecule has 0 spiro atoms. The molecule has 1 heterocycles.